The average Bonchev–Trinajstić information content (AvgIpc) is 2.36. The highest BCUT2D eigenvalue weighted by molar-refractivity contribution is 7.89. The monoisotopic (exact) mass is 274 g/mol. The van der Waals surface area contributed by atoms with Gasteiger partial charge in [0.25, 0.3) is 0 Å². The van der Waals surface area contributed by atoms with Gasteiger partial charge < -0.3 is 10.1 Å². The Balaban J connectivity index is 2.61. The molecule has 0 saturated carbocycles. The minimum absolute atomic E-state index is 0.0423. The van der Waals surface area contributed by atoms with E-state index in [1.807, 2.05) is 13.8 Å². The summed E-state index contributed by atoms with van der Waals surface area (Å²) in [5.74, 6) is 0.408. The number of sulfonamides is 1. The molecule has 0 amide bonds. The fourth-order valence-corrected chi connectivity index (χ4v) is 2.08. The standard InChI is InChI=1S/C10H18N4O3S/c1-3-11-10-12-7-9(8-13-10)18(15,16)14-5-6-17-4-2/h7-8,14H,3-6H2,1-2H3,(H,11,12,13). The van der Waals surface area contributed by atoms with Crippen molar-refractivity contribution in [2.24, 2.45) is 0 Å². The van der Waals surface area contributed by atoms with Gasteiger partial charge in [-0.1, -0.05) is 0 Å². The van der Waals surface area contributed by atoms with E-state index in [4.69, 9.17) is 4.74 Å². The first-order valence-electron chi connectivity index (χ1n) is 5.73. The van der Waals surface area contributed by atoms with Crippen molar-refractivity contribution in [3.8, 4) is 0 Å². The molecule has 0 aromatic carbocycles. The SMILES string of the molecule is CCNc1ncc(S(=O)(=O)NCCOCC)cn1. The lowest BCUT2D eigenvalue weighted by Gasteiger charge is -2.07. The summed E-state index contributed by atoms with van der Waals surface area (Å²) in [4.78, 5) is 7.86. The molecule has 0 aliphatic heterocycles. The van der Waals surface area contributed by atoms with Gasteiger partial charge in [0, 0.05) is 19.7 Å². The van der Waals surface area contributed by atoms with Crippen molar-refractivity contribution < 1.29 is 13.2 Å². The molecular formula is C10H18N4O3S. The first kappa shape index (κ1) is 14.8. The number of aromatic nitrogens is 2. The zero-order valence-corrected chi connectivity index (χ0v) is 11.3. The van der Waals surface area contributed by atoms with Gasteiger partial charge in [-0.3, -0.25) is 0 Å². The fraction of sp³-hybridized carbons (Fsp3) is 0.600. The van der Waals surface area contributed by atoms with Crippen LogP contribution in [0.5, 0.6) is 0 Å². The summed E-state index contributed by atoms with van der Waals surface area (Å²) in [6.07, 6.45) is 2.54. The van der Waals surface area contributed by atoms with Crippen molar-refractivity contribution in [1.29, 1.82) is 0 Å². The molecule has 18 heavy (non-hydrogen) atoms. The van der Waals surface area contributed by atoms with Crippen molar-refractivity contribution in [2.45, 2.75) is 18.7 Å². The van der Waals surface area contributed by atoms with Crippen LogP contribution in [0, 0.1) is 0 Å². The maximum atomic E-state index is 11.8. The maximum absolute atomic E-state index is 11.8. The minimum atomic E-state index is -3.56. The Morgan fingerprint density at radius 1 is 1.28 bits per heavy atom. The molecule has 102 valence electrons. The topological polar surface area (TPSA) is 93.2 Å². The lowest BCUT2D eigenvalue weighted by molar-refractivity contribution is 0.153. The molecule has 0 unspecified atom stereocenters. The van der Waals surface area contributed by atoms with Crippen LogP contribution >= 0.6 is 0 Å². The summed E-state index contributed by atoms with van der Waals surface area (Å²) in [7, 11) is -3.56. The first-order chi connectivity index (χ1) is 8.60. The molecule has 0 aliphatic rings. The second-order valence-corrected chi connectivity index (χ2v) is 5.13. The molecule has 0 spiro atoms. The van der Waals surface area contributed by atoms with Gasteiger partial charge in [-0.2, -0.15) is 0 Å². The molecule has 7 nitrogen and oxygen atoms in total. The van der Waals surface area contributed by atoms with Crippen molar-refractivity contribution in [3.05, 3.63) is 12.4 Å². The molecule has 1 heterocycles. The van der Waals surface area contributed by atoms with E-state index in [1.165, 1.54) is 12.4 Å². The number of nitrogens with zero attached hydrogens (tertiary/aromatic N) is 2. The number of rotatable bonds is 8. The molecule has 2 N–H and O–H groups in total. The highest BCUT2D eigenvalue weighted by Gasteiger charge is 2.14. The molecule has 1 aromatic rings. The molecule has 1 aromatic heterocycles. The Hall–Kier alpha value is -1.25. The third kappa shape index (κ3) is 4.55. The average molecular weight is 274 g/mol. The third-order valence-corrected chi connectivity index (χ3v) is 3.43. The van der Waals surface area contributed by atoms with Gasteiger partial charge in [0.05, 0.1) is 19.0 Å². The van der Waals surface area contributed by atoms with Gasteiger partial charge in [0.2, 0.25) is 16.0 Å². The largest absolute Gasteiger partial charge is 0.380 e. The highest BCUT2D eigenvalue weighted by Crippen LogP contribution is 2.06. The van der Waals surface area contributed by atoms with Crippen LogP contribution in [0.25, 0.3) is 0 Å². The second kappa shape index (κ2) is 7.24. The van der Waals surface area contributed by atoms with Crippen LogP contribution in [0.4, 0.5) is 5.95 Å². The van der Waals surface area contributed by atoms with Crippen molar-refractivity contribution in [2.75, 3.05) is 31.6 Å². The second-order valence-electron chi connectivity index (χ2n) is 3.37. The number of nitrogens with one attached hydrogen (secondary N) is 2. The summed E-state index contributed by atoms with van der Waals surface area (Å²) in [6.45, 7) is 5.56. The normalized spacial score (nSPS) is 11.4. The number of ether oxygens (including phenoxy) is 1. The molecule has 0 radical (unpaired) electrons. The van der Waals surface area contributed by atoms with Gasteiger partial charge in [0.15, 0.2) is 0 Å². The van der Waals surface area contributed by atoms with E-state index in [0.717, 1.165) is 0 Å². The summed E-state index contributed by atoms with van der Waals surface area (Å²) >= 11 is 0. The van der Waals surface area contributed by atoms with Crippen LogP contribution in [0.15, 0.2) is 17.3 Å². The summed E-state index contributed by atoms with van der Waals surface area (Å²) in [6, 6.07) is 0. The zero-order valence-electron chi connectivity index (χ0n) is 10.5. The quantitative estimate of drug-likeness (QED) is 0.659. The summed E-state index contributed by atoms with van der Waals surface area (Å²) in [5.41, 5.74) is 0. The summed E-state index contributed by atoms with van der Waals surface area (Å²) < 4.78 is 31.1. The van der Waals surface area contributed by atoms with Crippen molar-refractivity contribution in [3.63, 3.8) is 0 Å². The molecule has 0 bridgehead atoms. The molecule has 0 saturated heterocycles. The Bertz CT molecular complexity index is 447. The van der Waals surface area contributed by atoms with Gasteiger partial charge in [-0.25, -0.2) is 23.1 Å². The van der Waals surface area contributed by atoms with E-state index in [-0.39, 0.29) is 11.4 Å². The third-order valence-electron chi connectivity index (χ3n) is 2.02. The Morgan fingerprint density at radius 2 is 1.94 bits per heavy atom. The van der Waals surface area contributed by atoms with Crippen molar-refractivity contribution >= 4 is 16.0 Å². The molecular weight excluding hydrogens is 256 g/mol. The van der Waals surface area contributed by atoms with E-state index >= 15 is 0 Å². The van der Waals surface area contributed by atoms with Crippen LogP contribution in [0.2, 0.25) is 0 Å². The van der Waals surface area contributed by atoms with Gasteiger partial charge in [-0.05, 0) is 13.8 Å². The Kier molecular flexibility index (Phi) is 5.96. The lowest BCUT2D eigenvalue weighted by Crippen LogP contribution is -2.27. The number of anilines is 1. The van der Waals surface area contributed by atoms with Gasteiger partial charge in [-0.15, -0.1) is 0 Å². The maximum Gasteiger partial charge on any atom is 0.243 e. The fourth-order valence-electron chi connectivity index (χ4n) is 1.18. The van der Waals surface area contributed by atoms with E-state index in [2.05, 4.69) is 20.0 Å². The minimum Gasteiger partial charge on any atom is -0.380 e. The summed E-state index contributed by atoms with van der Waals surface area (Å²) in [5, 5.41) is 2.89. The molecule has 8 heteroatoms. The predicted molar refractivity (Wildman–Crippen MR) is 67.9 cm³/mol. The number of hydrogen-bond acceptors (Lipinski definition) is 6. The van der Waals surface area contributed by atoms with Gasteiger partial charge in [0.1, 0.15) is 4.90 Å². The molecule has 0 fully saturated rings. The van der Waals surface area contributed by atoms with Crippen LogP contribution in [0.3, 0.4) is 0 Å². The lowest BCUT2D eigenvalue weighted by atomic mass is 10.6. The van der Waals surface area contributed by atoms with E-state index in [0.29, 0.717) is 25.7 Å². The van der Waals surface area contributed by atoms with Crippen LogP contribution in [-0.2, 0) is 14.8 Å². The highest BCUT2D eigenvalue weighted by atomic mass is 32.2. The van der Waals surface area contributed by atoms with Gasteiger partial charge >= 0.3 is 0 Å². The first-order valence-corrected chi connectivity index (χ1v) is 7.21. The smallest absolute Gasteiger partial charge is 0.243 e. The van der Waals surface area contributed by atoms with E-state index < -0.39 is 10.0 Å². The van der Waals surface area contributed by atoms with E-state index in [1.54, 1.807) is 0 Å². The molecule has 0 aliphatic carbocycles. The van der Waals surface area contributed by atoms with Crippen molar-refractivity contribution in [1.82, 2.24) is 14.7 Å². The zero-order chi connectivity index (χ0) is 13.4. The van der Waals surface area contributed by atoms with Crippen LogP contribution < -0.4 is 10.0 Å². The molecule has 1 rings (SSSR count). The van der Waals surface area contributed by atoms with E-state index in [9.17, 15) is 8.42 Å². The van der Waals surface area contributed by atoms with Crippen LogP contribution in [0.1, 0.15) is 13.8 Å². The Labute approximate surface area is 107 Å². The number of hydrogen-bond donors (Lipinski definition) is 2. The van der Waals surface area contributed by atoms with Crippen LogP contribution in [-0.4, -0.2) is 44.7 Å². The Morgan fingerprint density at radius 3 is 2.50 bits per heavy atom. The predicted octanol–water partition coefficient (Wildman–Crippen LogP) is 0.223. The molecule has 0 atom stereocenters.